The van der Waals surface area contributed by atoms with Gasteiger partial charge in [0.15, 0.2) is 0 Å². The average molecular weight is 509 g/mol. The van der Waals surface area contributed by atoms with Gasteiger partial charge in [0.2, 0.25) is 5.91 Å². The van der Waals surface area contributed by atoms with Crippen LogP contribution in [0.2, 0.25) is 0 Å². The number of aromatic nitrogens is 2. The number of benzene rings is 1. The topological polar surface area (TPSA) is 76.8 Å². The van der Waals surface area contributed by atoms with Gasteiger partial charge in [-0.1, -0.05) is 19.4 Å². The molecule has 8 heteroatoms. The first-order valence-corrected chi connectivity index (χ1v) is 13.9. The first-order chi connectivity index (χ1) is 17.9. The third-order valence-corrected chi connectivity index (χ3v) is 9.02. The molecular weight excluding hydrogens is 468 g/mol. The molecule has 0 atom stereocenters. The van der Waals surface area contributed by atoms with Crippen molar-refractivity contribution in [2.24, 2.45) is 24.8 Å². The molecule has 2 aliphatic carbocycles. The lowest BCUT2D eigenvalue weighted by atomic mass is 9.81. The maximum absolute atomic E-state index is 13.3. The quantitative estimate of drug-likeness (QED) is 0.598. The summed E-state index contributed by atoms with van der Waals surface area (Å²) in [5.41, 5.74) is 1.32. The van der Waals surface area contributed by atoms with Crippen LogP contribution in [0.3, 0.4) is 0 Å². The lowest BCUT2D eigenvalue weighted by Gasteiger charge is -2.40. The molecular formula is C29H40N4O4. The Kier molecular flexibility index (Phi) is 7.45. The van der Waals surface area contributed by atoms with Crippen LogP contribution in [0.25, 0.3) is 10.9 Å². The largest absolute Gasteiger partial charge is 0.497 e. The fraction of sp³-hybridized carbons (Fsp3) is 0.621. The Morgan fingerprint density at radius 1 is 0.946 bits per heavy atom. The molecule has 1 aromatic heterocycles. The van der Waals surface area contributed by atoms with Crippen molar-refractivity contribution in [3.05, 3.63) is 51.3 Å². The summed E-state index contributed by atoms with van der Waals surface area (Å²) in [5, 5.41) is 0.486. The van der Waals surface area contributed by atoms with E-state index in [0.717, 1.165) is 51.9 Å². The number of carbonyl (C=O) groups is 1. The first-order valence-electron chi connectivity index (χ1n) is 13.9. The highest BCUT2D eigenvalue weighted by molar-refractivity contribution is 5.80. The Bertz CT molecular complexity index is 1270. The number of rotatable bonds is 6. The normalized spacial score (nSPS) is 23.0. The van der Waals surface area contributed by atoms with Crippen molar-refractivity contribution < 1.29 is 9.53 Å². The van der Waals surface area contributed by atoms with Crippen LogP contribution in [-0.4, -0.2) is 58.1 Å². The number of carbonyl (C=O) groups excluding carboxylic acids is 1. The van der Waals surface area contributed by atoms with E-state index in [2.05, 4.69) is 11.5 Å². The molecule has 1 aliphatic heterocycles. The van der Waals surface area contributed by atoms with Crippen LogP contribution in [0.5, 0.6) is 5.75 Å². The van der Waals surface area contributed by atoms with Crippen molar-refractivity contribution in [1.82, 2.24) is 18.9 Å². The number of ether oxygens (including phenoxy) is 1. The van der Waals surface area contributed by atoms with Gasteiger partial charge < -0.3 is 14.5 Å². The summed E-state index contributed by atoms with van der Waals surface area (Å²) in [6.07, 6.45) is 8.46. The summed E-state index contributed by atoms with van der Waals surface area (Å²) >= 11 is 0. The molecule has 3 aliphatic rings. The SMILES string of the molecule is C=C(C1CCCC1)N1CCN(C(=O)[C@H]2CC[C@H](Cn3c(=O)c4cc(OC)ccc4n(C)c3=O)CC2)CC1. The zero-order valence-electron chi connectivity index (χ0n) is 22.3. The van der Waals surface area contributed by atoms with Crippen LogP contribution in [0.1, 0.15) is 51.4 Å². The van der Waals surface area contributed by atoms with E-state index in [1.54, 1.807) is 32.4 Å². The molecule has 1 saturated heterocycles. The smallest absolute Gasteiger partial charge is 0.331 e. The van der Waals surface area contributed by atoms with Gasteiger partial charge in [-0.05, 0) is 68.6 Å². The molecule has 37 heavy (non-hydrogen) atoms. The fourth-order valence-electron chi connectivity index (χ4n) is 6.62. The number of aryl methyl sites for hydroxylation is 1. The zero-order chi connectivity index (χ0) is 26.1. The fourth-order valence-corrected chi connectivity index (χ4v) is 6.62. The van der Waals surface area contributed by atoms with E-state index in [1.165, 1.54) is 40.5 Å². The minimum atomic E-state index is -0.294. The van der Waals surface area contributed by atoms with E-state index in [1.807, 2.05) is 4.90 Å². The van der Waals surface area contributed by atoms with E-state index in [0.29, 0.717) is 29.1 Å². The molecule has 0 radical (unpaired) electrons. The second kappa shape index (κ2) is 10.8. The molecule has 200 valence electrons. The number of fused-ring (bicyclic) bond motifs is 1. The molecule has 0 unspecified atom stereocenters. The summed E-state index contributed by atoms with van der Waals surface area (Å²) in [4.78, 5) is 43.9. The second-order valence-electron chi connectivity index (χ2n) is 11.1. The summed E-state index contributed by atoms with van der Waals surface area (Å²) in [7, 11) is 3.26. The van der Waals surface area contributed by atoms with Gasteiger partial charge in [0.1, 0.15) is 5.75 Å². The monoisotopic (exact) mass is 508 g/mol. The van der Waals surface area contributed by atoms with Gasteiger partial charge in [0, 0.05) is 51.4 Å². The van der Waals surface area contributed by atoms with Gasteiger partial charge >= 0.3 is 5.69 Å². The van der Waals surface area contributed by atoms with Gasteiger partial charge in [-0.25, -0.2) is 4.79 Å². The highest BCUT2D eigenvalue weighted by Gasteiger charge is 2.32. The van der Waals surface area contributed by atoms with E-state index >= 15 is 0 Å². The molecule has 5 rings (SSSR count). The maximum atomic E-state index is 13.3. The Balaban J connectivity index is 1.18. The zero-order valence-corrected chi connectivity index (χ0v) is 22.3. The van der Waals surface area contributed by atoms with E-state index in [-0.39, 0.29) is 29.0 Å². The highest BCUT2D eigenvalue weighted by Crippen LogP contribution is 2.34. The Morgan fingerprint density at radius 2 is 1.59 bits per heavy atom. The number of nitrogens with zero attached hydrogens (tertiary/aromatic N) is 4. The molecule has 1 amide bonds. The number of methoxy groups -OCH3 is 1. The van der Waals surface area contributed by atoms with Gasteiger partial charge in [0.25, 0.3) is 5.56 Å². The van der Waals surface area contributed by atoms with E-state index in [9.17, 15) is 14.4 Å². The maximum Gasteiger partial charge on any atom is 0.331 e. The minimum Gasteiger partial charge on any atom is -0.497 e. The lowest BCUT2D eigenvalue weighted by Crippen LogP contribution is -2.50. The molecule has 2 aromatic rings. The van der Waals surface area contributed by atoms with E-state index < -0.39 is 0 Å². The summed E-state index contributed by atoms with van der Waals surface area (Å²) in [5.74, 6) is 1.75. The summed E-state index contributed by atoms with van der Waals surface area (Å²) in [6, 6.07) is 5.21. The molecule has 8 nitrogen and oxygen atoms in total. The van der Waals surface area contributed by atoms with Crippen molar-refractivity contribution in [3.63, 3.8) is 0 Å². The number of allylic oxidation sites excluding steroid dienone is 1. The van der Waals surface area contributed by atoms with Crippen LogP contribution in [0, 0.1) is 17.8 Å². The van der Waals surface area contributed by atoms with Gasteiger partial charge in [0.05, 0.1) is 18.0 Å². The van der Waals surface area contributed by atoms with Crippen LogP contribution in [0.4, 0.5) is 0 Å². The number of amides is 1. The third-order valence-electron chi connectivity index (χ3n) is 9.02. The van der Waals surface area contributed by atoms with Crippen molar-refractivity contribution >= 4 is 16.8 Å². The molecule has 0 spiro atoms. The highest BCUT2D eigenvalue weighted by atomic mass is 16.5. The first kappa shape index (κ1) is 25.6. The van der Waals surface area contributed by atoms with Gasteiger partial charge in [-0.2, -0.15) is 0 Å². The van der Waals surface area contributed by atoms with Crippen LogP contribution in [0.15, 0.2) is 40.1 Å². The predicted octanol–water partition coefficient (Wildman–Crippen LogP) is 3.36. The number of hydrogen-bond acceptors (Lipinski definition) is 5. The molecule has 0 bridgehead atoms. The average Bonchev–Trinajstić information content (AvgIpc) is 3.49. The second-order valence-corrected chi connectivity index (χ2v) is 11.1. The van der Waals surface area contributed by atoms with Gasteiger partial charge in [-0.15, -0.1) is 0 Å². The molecule has 3 fully saturated rings. The molecule has 0 N–H and O–H groups in total. The summed E-state index contributed by atoms with van der Waals surface area (Å²) < 4.78 is 8.18. The van der Waals surface area contributed by atoms with E-state index in [4.69, 9.17) is 4.74 Å². The van der Waals surface area contributed by atoms with Crippen LogP contribution in [-0.2, 0) is 18.4 Å². The standard InChI is InChI=1S/C29H40N4O4/c1-20(22-6-4-5-7-22)31-14-16-32(17-15-31)27(34)23-10-8-21(9-11-23)19-33-28(35)25-18-24(37-3)12-13-26(25)30(2)29(33)36/h12-13,18,21-23H,1,4-11,14-17,19H2,2-3H3/t21-,23-. The molecule has 2 heterocycles. The molecule has 2 saturated carbocycles. The lowest BCUT2D eigenvalue weighted by molar-refractivity contribution is -0.138. The van der Waals surface area contributed by atoms with Crippen molar-refractivity contribution in [2.75, 3.05) is 33.3 Å². The number of hydrogen-bond donors (Lipinski definition) is 0. The van der Waals surface area contributed by atoms with Crippen molar-refractivity contribution in [1.29, 1.82) is 0 Å². The van der Waals surface area contributed by atoms with Crippen LogP contribution >= 0.6 is 0 Å². The molecule has 1 aromatic carbocycles. The Morgan fingerprint density at radius 3 is 2.24 bits per heavy atom. The number of piperazine rings is 1. The minimum absolute atomic E-state index is 0.0428. The van der Waals surface area contributed by atoms with Gasteiger partial charge in [-0.3, -0.25) is 18.7 Å². The predicted molar refractivity (Wildman–Crippen MR) is 145 cm³/mol. The van der Waals surface area contributed by atoms with Crippen molar-refractivity contribution in [2.45, 2.75) is 57.9 Å². The van der Waals surface area contributed by atoms with Crippen LogP contribution < -0.4 is 16.0 Å². The Hall–Kier alpha value is -3.03. The summed E-state index contributed by atoms with van der Waals surface area (Å²) in [6.45, 7) is 8.08. The third kappa shape index (κ3) is 5.07. The Labute approximate surface area is 218 Å². The van der Waals surface area contributed by atoms with Crippen molar-refractivity contribution in [3.8, 4) is 5.75 Å².